The average molecular weight is 294 g/mol. The zero-order chi connectivity index (χ0) is 10.0. The average Bonchev–Trinajstić information content (AvgIpc) is 2.09. The van der Waals surface area contributed by atoms with Gasteiger partial charge in [-0.15, -0.1) is 0 Å². The lowest BCUT2D eigenvalue weighted by Gasteiger charge is -2.05. The van der Waals surface area contributed by atoms with Crippen molar-refractivity contribution in [3.8, 4) is 6.07 Å². The van der Waals surface area contributed by atoms with E-state index in [2.05, 4.69) is 4.98 Å². The first-order valence-electron chi connectivity index (χ1n) is 3.41. The fraction of sp³-hybridized carbons (Fsp3) is 0.250. The van der Waals surface area contributed by atoms with Crippen LogP contribution in [0.4, 0.5) is 8.78 Å². The van der Waals surface area contributed by atoms with Gasteiger partial charge in [0.15, 0.2) is 0 Å². The minimum absolute atomic E-state index is 0.0180. The fourth-order valence-corrected chi connectivity index (χ4v) is 1.41. The number of hydrogen-bond donors (Lipinski definition) is 0. The van der Waals surface area contributed by atoms with Gasteiger partial charge in [-0.05, 0) is 35.1 Å². The molecule has 68 valence electrons. The number of rotatable bonds is 1. The van der Waals surface area contributed by atoms with Crippen molar-refractivity contribution in [2.45, 2.75) is 13.3 Å². The van der Waals surface area contributed by atoms with Crippen LogP contribution in [0.25, 0.3) is 0 Å². The number of nitrogens with zero attached hydrogens (tertiary/aromatic N) is 2. The lowest BCUT2D eigenvalue weighted by atomic mass is 10.1. The van der Waals surface area contributed by atoms with E-state index in [4.69, 9.17) is 5.26 Å². The van der Waals surface area contributed by atoms with Gasteiger partial charge in [0.05, 0.1) is 5.56 Å². The van der Waals surface area contributed by atoms with Gasteiger partial charge in [0, 0.05) is 9.77 Å². The van der Waals surface area contributed by atoms with Gasteiger partial charge in [-0.3, -0.25) is 4.98 Å². The van der Waals surface area contributed by atoms with Crippen LogP contribution < -0.4 is 0 Å². The molecule has 5 heteroatoms. The molecule has 13 heavy (non-hydrogen) atoms. The topological polar surface area (TPSA) is 36.7 Å². The van der Waals surface area contributed by atoms with Crippen LogP contribution in [-0.2, 0) is 0 Å². The Balaban J connectivity index is 3.41. The Bertz CT molecular complexity index is 371. The number of pyridine rings is 1. The van der Waals surface area contributed by atoms with E-state index in [0.717, 1.165) is 5.56 Å². The molecule has 0 N–H and O–H groups in total. The highest BCUT2D eigenvalue weighted by molar-refractivity contribution is 14.1. The van der Waals surface area contributed by atoms with Gasteiger partial charge < -0.3 is 0 Å². The zero-order valence-corrected chi connectivity index (χ0v) is 8.84. The second-order valence-electron chi connectivity index (χ2n) is 2.43. The molecule has 0 aliphatic rings. The van der Waals surface area contributed by atoms with Crippen LogP contribution in [0.5, 0.6) is 0 Å². The minimum Gasteiger partial charge on any atom is -0.254 e. The summed E-state index contributed by atoms with van der Waals surface area (Å²) in [6, 6.07) is 1.74. The third-order valence-corrected chi connectivity index (χ3v) is 2.93. The van der Waals surface area contributed by atoms with Gasteiger partial charge in [-0.2, -0.15) is 5.26 Å². The Morgan fingerprint density at radius 2 is 2.23 bits per heavy atom. The van der Waals surface area contributed by atoms with Crippen LogP contribution >= 0.6 is 22.6 Å². The van der Waals surface area contributed by atoms with Crippen molar-refractivity contribution in [1.82, 2.24) is 4.98 Å². The van der Waals surface area contributed by atoms with Gasteiger partial charge in [0.1, 0.15) is 11.8 Å². The molecule has 0 aliphatic heterocycles. The van der Waals surface area contributed by atoms with Gasteiger partial charge in [0.2, 0.25) is 0 Å². The minimum atomic E-state index is -2.69. The Hall–Kier alpha value is -0.770. The summed E-state index contributed by atoms with van der Waals surface area (Å²) >= 11 is 1.87. The molecule has 0 radical (unpaired) electrons. The highest BCUT2D eigenvalue weighted by Crippen LogP contribution is 2.25. The number of halogens is 3. The maximum Gasteiger partial charge on any atom is 0.281 e. The van der Waals surface area contributed by atoms with Gasteiger partial charge in [-0.25, -0.2) is 8.78 Å². The van der Waals surface area contributed by atoms with Crippen molar-refractivity contribution in [3.05, 3.63) is 26.6 Å². The first kappa shape index (κ1) is 10.3. The lowest BCUT2D eigenvalue weighted by Crippen LogP contribution is -1.99. The number of aromatic nitrogens is 1. The van der Waals surface area contributed by atoms with Gasteiger partial charge in [-0.1, -0.05) is 0 Å². The molecule has 0 bridgehead atoms. The van der Waals surface area contributed by atoms with Crippen molar-refractivity contribution < 1.29 is 8.78 Å². The number of alkyl halides is 2. The predicted octanol–water partition coefficient (Wildman–Crippen LogP) is 2.80. The Kier molecular flexibility index (Phi) is 3.14. The summed E-state index contributed by atoms with van der Waals surface area (Å²) in [5, 5.41) is 8.64. The van der Waals surface area contributed by atoms with Crippen LogP contribution in [-0.4, -0.2) is 4.98 Å². The molecule has 0 amide bonds. The molecule has 0 saturated heterocycles. The Labute approximate surface area is 87.7 Å². The van der Waals surface area contributed by atoms with Gasteiger partial charge in [0.25, 0.3) is 6.43 Å². The molecule has 1 aromatic rings. The third kappa shape index (κ3) is 1.94. The maximum absolute atomic E-state index is 12.3. The first-order chi connectivity index (χ1) is 6.07. The molecule has 0 fully saturated rings. The van der Waals surface area contributed by atoms with Crippen LogP contribution in [0.1, 0.15) is 23.2 Å². The molecule has 1 aromatic heterocycles. The largest absolute Gasteiger partial charge is 0.281 e. The first-order valence-corrected chi connectivity index (χ1v) is 4.49. The van der Waals surface area contributed by atoms with E-state index in [-0.39, 0.29) is 5.56 Å². The summed E-state index contributed by atoms with van der Waals surface area (Å²) in [5.74, 6) is 0. The van der Waals surface area contributed by atoms with Crippen LogP contribution in [0, 0.1) is 21.8 Å². The summed E-state index contributed by atoms with van der Waals surface area (Å²) in [4.78, 5) is 3.53. The smallest absolute Gasteiger partial charge is 0.254 e. The van der Waals surface area contributed by atoms with Crippen molar-refractivity contribution in [1.29, 1.82) is 5.26 Å². The number of aryl methyl sites for hydroxylation is 1. The quantitative estimate of drug-likeness (QED) is 0.747. The summed E-state index contributed by atoms with van der Waals surface area (Å²) in [6.07, 6.45) is -1.34. The zero-order valence-electron chi connectivity index (χ0n) is 6.68. The molecule has 1 heterocycles. The van der Waals surface area contributed by atoms with E-state index < -0.39 is 12.1 Å². The fourth-order valence-electron chi connectivity index (χ4n) is 0.869. The number of nitriles is 1. The molecule has 0 unspecified atom stereocenters. The van der Waals surface area contributed by atoms with Crippen LogP contribution in [0.15, 0.2) is 6.20 Å². The van der Waals surface area contributed by atoms with Crippen LogP contribution in [0.3, 0.4) is 0 Å². The lowest BCUT2D eigenvalue weighted by molar-refractivity contribution is 0.145. The summed E-state index contributed by atoms with van der Waals surface area (Å²) < 4.78 is 25.2. The summed E-state index contributed by atoms with van der Waals surface area (Å²) in [5.41, 5.74) is 0.287. The van der Waals surface area contributed by atoms with Crippen molar-refractivity contribution in [3.63, 3.8) is 0 Å². The Morgan fingerprint density at radius 1 is 1.62 bits per heavy atom. The molecule has 0 spiro atoms. The van der Waals surface area contributed by atoms with E-state index in [1.165, 1.54) is 6.20 Å². The normalized spacial score (nSPS) is 10.2. The molecular weight excluding hydrogens is 289 g/mol. The SMILES string of the molecule is Cc1cnc(C(F)F)c(C#N)c1I. The highest BCUT2D eigenvalue weighted by atomic mass is 127. The second kappa shape index (κ2) is 3.96. The van der Waals surface area contributed by atoms with Crippen molar-refractivity contribution >= 4 is 22.6 Å². The molecule has 0 aliphatic carbocycles. The third-order valence-electron chi connectivity index (χ3n) is 1.54. The molecule has 0 saturated carbocycles. The van der Waals surface area contributed by atoms with E-state index in [1.807, 2.05) is 22.6 Å². The summed E-state index contributed by atoms with van der Waals surface area (Å²) in [7, 11) is 0. The standard InChI is InChI=1S/C8H5F2IN2/c1-4-3-13-7(8(9)10)5(2-12)6(4)11/h3,8H,1H3. The summed E-state index contributed by atoms with van der Waals surface area (Å²) in [6.45, 7) is 1.73. The molecule has 1 rings (SSSR count). The highest BCUT2D eigenvalue weighted by Gasteiger charge is 2.17. The molecule has 2 nitrogen and oxygen atoms in total. The van der Waals surface area contributed by atoms with E-state index >= 15 is 0 Å². The monoisotopic (exact) mass is 294 g/mol. The van der Waals surface area contributed by atoms with E-state index in [0.29, 0.717) is 3.57 Å². The predicted molar refractivity (Wildman–Crippen MR) is 51.4 cm³/mol. The van der Waals surface area contributed by atoms with E-state index in [1.54, 1.807) is 13.0 Å². The Morgan fingerprint density at radius 3 is 2.69 bits per heavy atom. The number of hydrogen-bond acceptors (Lipinski definition) is 2. The van der Waals surface area contributed by atoms with Crippen molar-refractivity contribution in [2.24, 2.45) is 0 Å². The molecule has 0 aromatic carbocycles. The van der Waals surface area contributed by atoms with Gasteiger partial charge >= 0.3 is 0 Å². The second-order valence-corrected chi connectivity index (χ2v) is 3.51. The molecule has 0 atom stereocenters. The van der Waals surface area contributed by atoms with Crippen LogP contribution in [0.2, 0.25) is 0 Å². The van der Waals surface area contributed by atoms with E-state index in [9.17, 15) is 8.78 Å². The van der Waals surface area contributed by atoms with Crippen molar-refractivity contribution in [2.75, 3.05) is 0 Å². The maximum atomic E-state index is 12.3. The molecular formula is C8H5F2IN2.